The van der Waals surface area contributed by atoms with E-state index in [9.17, 15) is 13.2 Å². The van der Waals surface area contributed by atoms with Crippen molar-refractivity contribution in [2.75, 3.05) is 18.4 Å². The van der Waals surface area contributed by atoms with Crippen molar-refractivity contribution in [1.29, 1.82) is 0 Å². The van der Waals surface area contributed by atoms with E-state index in [1.54, 1.807) is 23.9 Å². The monoisotopic (exact) mass is 354 g/mol. The molecule has 2 N–H and O–H groups in total. The third kappa shape index (κ3) is 5.44. The van der Waals surface area contributed by atoms with Gasteiger partial charge in [-0.05, 0) is 30.4 Å². The SMILES string of the molecule is FCF.NC1=NC(c2cc(Br)ccc2F)CCSC1. The first-order valence-electron chi connectivity index (χ1n) is 5.55. The number of thioether (sulfide) groups is 1. The summed E-state index contributed by atoms with van der Waals surface area (Å²) in [6, 6.07) is 4.79. The predicted octanol–water partition coefficient (Wildman–Crippen LogP) is 4.01. The number of nitrogens with two attached hydrogens (primary N) is 1. The molecule has 0 aromatic heterocycles. The fourth-order valence-corrected chi connectivity index (χ4v) is 2.87. The van der Waals surface area contributed by atoms with E-state index in [0.29, 0.717) is 11.4 Å². The van der Waals surface area contributed by atoms with Gasteiger partial charge in [0, 0.05) is 10.0 Å². The molecule has 0 fully saturated rings. The number of benzene rings is 1. The Bertz CT molecular complexity index is 443. The predicted molar refractivity (Wildman–Crippen MR) is 77.5 cm³/mol. The lowest BCUT2D eigenvalue weighted by molar-refractivity contribution is 0.295. The van der Waals surface area contributed by atoms with E-state index >= 15 is 0 Å². The topological polar surface area (TPSA) is 38.4 Å². The van der Waals surface area contributed by atoms with Crippen molar-refractivity contribution in [3.63, 3.8) is 0 Å². The summed E-state index contributed by atoms with van der Waals surface area (Å²) in [7, 11) is 0. The quantitative estimate of drug-likeness (QED) is 0.827. The first kappa shape index (κ1) is 16.4. The van der Waals surface area contributed by atoms with Crippen LogP contribution in [0.15, 0.2) is 27.7 Å². The van der Waals surface area contributed by atoms with Crippen molar-refractivity contribution in [3.05, 3.63) is 34.1 Å². The largest absolute Gasteiger partial charge is 0.387 e. The third-order valence-electron chi connectivity index (χ3n) is 2.42. The summed E-state index contributed by atoms with van der Waals surface area (Å²) in [5.74, 6) is 2.09. The van der Waals surface area contributed by atoms with Gasteiger partial charge in [-0.3, -0.25) is 4.99 Å². The van der Waals surface area contributed by atoms with Gasteiger partial charge in [-0.15, -0.1) is 0 Å². The molecule has 2 rings (SSSR count). The van der Waals surface area contributed by atoms with Gasteiger partial charge in [-0.2, -0.15) is 11.8 Å². The summed E-state index contributed by atoms with van der Waals surface area (Å²) >= 11 is 5.09. The van der Waals surface area contributed by atoms with E-state index in [1.165, 1.54) is 6.07 Å². The van der Waals surface area contributed by atoms with Gasteiger partial charge in [0.05, 0.1) is 11.8 Å². The average molecular weight is 355 g/mol. The second kappa shape index (κ2) is 8.47. The molecule has 106 valence electrons. The molecule has 1 aromatic rings. The number of hydrogen-bond donors (Lipinski definition) is 1. The number of aliphatic imine (C=N–C) groups is 1. The molecular weight excluding hydrogens is 341 g/mol. The van der Waals surface area contributed by atoms with Crippen LogP contribution in [0.2, 0.25) is 0 Å². The van der Waals surface area contributed by atoms with Crippen LogP contribution in [0.1, 0.15) is 18.0 Å². The van der Waals surface area contributed by atoms with Crippen LogP contribution in [0.3, 0.4) is 0 Å². The number of nitrogens with zero attached hydrogens (tertiary/aromatic N) is 1. The number of rotatable bonds is 1. The number of amidine groups is 1. The van der Waals surface area contributed by atoms with E-state index in [-0.39, 0.29) is 11.9 Å². The fourth-order valence-electron chi connectivity index (χ4n) is 1.67. The minimum Gasteiger partial charge on any atom is -0.387 e. The van der Waals surface area contributed by atoms with Gasteiger partial charge in [0.2, 0.25) is 6.93 Å². The molecule has 0 amide bonds. The zero-order valence-corrected chi connectivity index (χ0v) is 12.5. The van der Waals surface area contributed by atoms with Crippen LogP contribution < -0.4 is 5.73 Å². The molecule has 2 nitrogen and oxygen atoms in total. The Morgan fingerprint density at radius 2 is 2.11 bits per heavy atom. The first-order valence-corrected chi connectivity index (χ1v) is 7.50. The van der Waals surface area contributed by atoms with E-state index < -0.39 is 6.93 Å². The summed E-state index contributed by atoms with van der Waals surface area (Å²) in [6.07, 6.45) is 0.832. The first-order chi connectivity index (χ1) is 9.08. The van der Waals surface area contributed by atoms with Gasteiger partial charge in [0.1, 0.15) is 11.7 Å². The fraction of sp³-hybridized carbons (Fsp3) is 0.417. The summed E-state index contributed by atoms with van der Waals surface area (Å²) in [5.41, 5.74) is 6.37. The van der Waals surface area contributed by atoms with Crippen molar-refractivity contribution >= 4 is 33.5 Å². The highest BCUT2D eigenvalue weighted by Gasteiger charge is 2.18. The van der Waals surface area contributed by atoms with Crippen LogP contribution in [0.4, 0.5) is 13.2 Å². The second-order valence-electron chi connectivity index (χ2n) is 3.74. The Labute approximate surface area is 122 Å². The van der Waals surface area contributed by atoms with Crippen molar-refractivity contribution < 1.29 is 13.2 Å². The maximum atomic E-state index is 13.7. The lowest BCUT2D eigenvalue weighted by Crippen LogP contribution is -2.14. The molecule has 0 saturated carbocycles. The number of halogens is 4. The molecule has 0 saturated heterocycles. The van der Waals surface area contributed by atoms with Crippen LogP contribution >= 0.6 is 27.7 Å². The number of alkyl halides is 2. The molecule has 0 spiro atoms. The van der Waals surface area contributed by atoms with Crippen molar-refractivity contribution in [2.24, 2.45) is 10.7 Å². The van der Waals surface area contributed by atoms with Gasteiger partial charge in [0.25, 0.3) is 0 Å². The van der Waals surface area contributed by atoms with Crippen molar-refractivity contribution in [2.45, 2.75) is 12.5 Å². The molecule has 1 heterocycles. The summed E-state index contributed by atoms with van der Waals surface area (Å²) in [5, 5.41) is 0. The zero-order chi connectivity index (χ0) is 14.3. The highest BCUT2D eigenvalue weighted by Crippen LogP contribution is 2.29. The molecule has 1 aromatic carbocycles. The second-order valence-corrected chi connectivity index (χ2v) is 5.77. The molecule has 1 unspecified atom stereocenters. The Morgan fingerprint density at radius 1 is 1.42 bits per heavy atom. The zero-order valence-electron chi connectivity index (χ0n) is 10.1. The Morgan fingerprint density at radius 3 is 2.79 bits per heavy atom. The Balaban J connectivity index is 0.000000550. The number of hydrogen-bond acceptors (Lipinski definition) is 3. The minimum absolute atomic E-state index is 0.146. The van der Waals surface area contributed by atoms with E-state index in [2.05, 4.69) is 20.9 Å². The average Bonchev–Trinajstić information content (AvgIpc) is 2.58. The highest BCUT2D eigenvalue weighted by molar-refractivity contribution is 9.10. The van der Waals surface area contributed by atoms with Gasteiger partial charge < -0.3 is 5.73 Å². The van der Waals surface area contributed by atoms with Crippen molar-refractivity contribution in [3.8, 4) is 0 Å². The van der Waals surface area contributed by atoms with Crippen LogP contribution in [-0.2, 0) is 0 Å². The van der Waals surface area contributed by atoms with Crippen LogP contribution in [0.25, 0.3) is 0 Å². The molecule has 0 aliphatic carbocycles. The van der Waals surface area contributed by atoms with E-state index in [1.807, 2.05) is 0 Å². The Hall–Kier alpha value is -0.690. The minimum atomic E-state index is -1.75. The third-order valence-corrected chi connectivity index (χ3v) is 3.94. The molecular formula is C12H14BrF3N2S. The summed E-state index contributed by atoms with van der Waals surface area (Å²) < 4.78 is 33.8. The van der Waals surface area contributed by atoms with Gasteiger partial charge in [-0.1, -0.05) is 15.9 Å². The van der Waals surface area contributed by atoms with E-state index in [0.717, 1.165) is 22.4 Å². The molecule has 0 radical (unpaired) electrons. The molecule has 0 bridgehead atoms. The normalized spacial score (nSPS) is 18.9. The standard InChI is InChI=1S/C11H12BrFN2S.CH2F2/c12-7-1-2-9(13)8(5-7)10-3-4-16-6-11(14)15-10;2-1-3/h1-2,5,10H,3-4,6H2,(H2,14,15);1H2. The molecule has 7 heteroatoms. The van der Waals surface area contributed by atoms with Crippen molar-refractivity contribution in [1.82, 2.24) is 0 Å². The maximum absolute atomic E-state index is 13.7. The molecule has 1 atom stereocenters. The molecule has 1 aliphatic rings. The highest BCUT2D eigenvalue weighted by atomic mass is 79.9. The summed E-state index contributed by atoms with van der Waals surface area (Å²) in [4.78, 5) is 4.36. The van der Waals surface area contributed by atoms with Crippen LogP contribution in [0, 0.1) is 5.82 Å². The van der Waals surface area contributed by atoms with Crippen LogP contribution in [0.5, 0.6) is 0 Å². The molecule has 1 aliphatic heterocycles. The van der Waals surface area contributed by atoms with Gasteiger partial charge in [0.15, 0.2) is 0 Å². The lowest BCUT2D eigenvalue weighted by Gasteiger charge is -2.12. The van der Waals surface area contributed by atoms with Gasteiger partial charge in [-0.25, -0.2) is 13.2 Å². The smallest absolute Gasteiger partial charge is 0.229 e. The van der Waals surface area contributed by atoms with Gasteiger partial charge >= 0.3 is 0 Å². The molecule has 19 heavy (non-hydrogen) atoms. The van der Waals surface area contributed by atoms with Crippen LogP contribution in [-0.4, -0.2) is 24.3 Å². The Kier molecular flexibility index (Phi) is 7.30. The lowest BCUT2D eigenvalue weighted by atomic mass is 10.0. The maximum Gasteiger partial charge on any atom is 0.229 e. The summed E-state index contributed by atoms with van der Waals surface area (Å²) in [6.45, 7) is -1.75. The van der Waals surface area contributed by atoms with E-state index in [4.69, 9.17) is 5.73 Å².